The fourth-order valence-electron chi connectivity index (χ4n) is 4.34. The van der Waals surface area contributed by atoms with Gasteiger partial charge in [-0.15, -0.1) is 0 Å². The maximum absolute atomic E-state index is 6.28. The van der Waals surface area contributed by atoms with Crippen LogP contribution < -0.4 is 10.1 Å². The maximum atomic E-state index is 6.28. The van der Waals surface area contributed by atoms with E-state index in [1.54, 1.807) is 0 Å². The maximum Gasteiger partial charge on any atom is 0.168 e. The molecule has 5 heteroatoms. The number of ether oxygens (including phenoxy) is 3. The molecule has 1 saturated heterocycles. The highest BCUT2D eigenvalue weighted by Crippen LogP contribution is 2.37. The first-order valence-corrected chi connectivity index (χ1v) is 10.4. The van der Waals surface area contributed by atoms with Crippen molar-refractivity contribution in [2.24, 2.45) is 0 Å². The molecule has 2 aliphatic rings. The molecule has 1 spiro atoms. The molecule has 1 N–H and O–H groups in total. The Bertz CT molecular complexity index is 1000. The number of pyridine rings is 1. The van der Waals surface area contributed by atoms with Crippen molar-refractivity contribution in [3.8, 4) is 5.75 Å². The fraction of sp³-hybridized carbons (Fsp3) is 0.375. The molecule has 1 aliphatic carbocycles. The first-order valence-electron chi connectivity index (χ1n) is 10.4. The topological polar surface area (TPSA) is 52.6 Å². The van der Waals surface area contributed by atoms with Gasteiger partial charge >= 0.3 is 0 Å². The van der Waals surface area contributed by atoms with Crippen molar-refractivity contribution in [3.63, 3.8) is 0 Å². The van der Waals surface area contributed by atoms with Crippen LogP contribution >= 0.6 is 0 Å². The SMILES string of the molecule is Cc1cc(Nc2cccc(OC3CCC4(CC3)OCCO4)c2)c2ccccc2n1. The minimum Gasteiger partial charge on any atom is -0.490 e. The number of aryl methyl sites for hydroxylation is 1. The van der Waals surface area contributed by atoms with E-state index in [0.717, 1.165) is 59.4 Å². The number of para-hydroxylation sites is 1. The van der Waals surface area contributed by atoms with Crippen molar-refractivity contribution in [1.82, 2.24) is 4.98 Å². The third-order valence-corrected chi connectivity index (χ3v) is 5.77. The predicted molar refractivity (Wildman–Crippen MR) is 114 cm³/mol. The standard InChI is InChI=1S/C24H26N2O3/c1-17-15-23(21-7-2-3-8-22(21)25-17)26-18-5-4-6-20(16-18)29-19-9-11-24(12-10-19)27-13-14-28-24/h2-8,15-16,19H,9-14H2,1H3,(H,25,26). The Morgan fingerprint density at radius 2 is 1.79 bits per heavy atom. The Labute approximate surface area is 171 Å². The largest absolute Gasteiger partial charge is 0.490 e. The van der Waals surface area contributed by atoms with E-state index in [-0.39, 0.29) is 11.9 Å². The second-order valence-corrected chi connectivity index (χ2v) is 7.91. The van der Waals surface area contributed by atoms with Gasteiger partial charge < -0.3 is 19.5 Å². The van der Waals surface area contributed by atoms with Gasteiger partial charge in [0.05, 0.1) is 24.8 Å². The number of hydrogen-bond donors (Lipinski definition) is 1. The van der Waals surface area contributed by atoms with Gasteiger partial charge in [0.25, 0.3) is 0 Å². The number of benzene rings is 2. The fourth-order valence-corrected chi connectivity index (χ4v) is 4.34. The molecule has 0 bridgehead atoms. The third kappa shape index (κ3) is 3.93. The summed E-state index contributed by atoms with van der Waals surface area (Å²) in [7, 11) is 0. The normalized spacial score (nSPS) is 18.9. The minimum atomic E-state index is -0.344. The molecule has 3 aromatic rings. The van der Waals surface area contributed by atoms with Crippen LogP contribution in [0.1, 0.15) is 31.4 Å². The van der Waals surface area contributed by atoms with Gasteiger partial charge in [-0.1, -0.05) is 24.3 Å². The molecule has 5 rings (SSSR count). The van der Waals surface area contributed by atoms with Crippen LogP contribution in [0.25, 0.3) is 10.9 Å². The predicted octanol–water partition coefficient (Wildman–Crippen LogP) is 5.35. The molecular weight excluding hydrogens is 364 g/mol. The molecule has 2 fully saturated rings. The summed E-state index contributed by atoms with van der Waals surface area (Å²) in [6.07, 6.45) is 3.90. The molecule has 1 aliphatic heterocycles. The van der Waals surface area contributed by atoms with E-state index < -0.39 is 0 Å². The van der Waals surface area contributed by atoms with Crippen molar-refractivity contribution in [2.75, 3.05) is 18.5 Å². The van der Waals surface area contributed by atoms with Crippen LogP contribution in [0.4, 0.5) is 11.4 Å². The van der Waals surface area contributed by atoms with Crippen LogP contribution in [0.15, 0.2) is 54.6 Å². The molecule has 0 unspecified atom stereocenters. The first kappa shape index (κ1) is 18.4. The van der Waals surface area contributed by atoms with Crippen LogP contribution in [0, 0.1) is 6.92 Å². The zero-order chi connectivity index (χ0) is 19.7. The average molecular weight is 390 g/mol. The van der Waals surface area contributed by atoms with Crippen molar-refractivity contribution in [3.05, 3.63) is 60.3 Å². The number of aromatic nitrogens is 1. The molecule has 1 saturated carbocycles. The van der Waals surface area contributed by atoms with Gasteiger partial charge in [-0.3, -0.25) is 4.98 Å². The van der Waals surface area contributed by atoms with Gasteiger partial charge in [0.1, 0.15) is 5.75 Å². The lowest BCUT2D eigenvalue weighted by atomic mass is 9.92. The van der Waals surface area contributed by atoms with E-state index in [9.17, 15) is 0 Å². The van der Waals surface area contributed by atoms with E-state index in [4.69, 9.17) is 14.2 Å². The molecule has 0 amide bonds. The van der Waals surface area contributed by atoms with E-state index in [1.165, 1.54) is 0 Å². The van der Waals surface area contributed by atoms with Gasteiger partial charge in [0, 0.05) is 41.4 Å². The summed E-state index contributed by atoms with van der Waals surface area (Å²) in [5.74, 6) is 0.545. The first-order chi connectivity index (χ1) is 14.2. The lowest BCUT2D eigenvalue weighted by molar-refractivity contribution is -0.186. The summed E-state index contributed by atoms with van der Waals surface area (Å²) >= 11 is 0. The highest BCUT2D eigenvalue weighted by atomic mass is 16.7. The van der Waals surface area contributed by atoms with Crippen LogP contribution in [0.3, 0.4) is 0 Å². The summed E-state index contributed by atoms with van der Waals surface area (Å²) in [5.41, 5.74) is 4.05. The Hall–Kier alpha value is -2.63. The van der Waals surface area contributed by atoms with Crippen LogP contribution in [0.5, 0.6) is 5.75 Å². The van der Waals surface area contributed by atoms with Gasteiger partial charge in [0.2, 0.25) is 0 Å². The van der Waals surface area contributed by atoms with Crippen LogP contribution in [0.2, 0.25) is 0 Å². The smallest absolute Gasteiger partial charge is 0.168 e. The Kier molecular flexibility index (Phi) is 4.86. The molecule has 2 heterocycles. The van der Waals surface area contributed by atoms with Crippen molar-refractivity contribution in [2.45, 2.75) is 44.5 Å². The van der Waals surface area contributed by atoms with Crippen LogP contribution in [-0.4, -0.2) is 30.1 Å². The average Bonchev–Trinajstić information content (AvgIpc) is 3.18. The number of nitrogens with one attached hydrogen (secondary N) is 1. The van der Waals surface area contributed by atoms with Crippen molar-refractivity contribution >= 4 is 22.3 Å². The molecule has 5 nitrogen and oxygen atoms in total. The van der Waals surface area contributed by atoms with E-state index >= 15 is 0 Å². The summed E-state index contributed by atoms with van der Waals surface area (Å²) < 4.78 is 17.9. The zero-order valence-electron chi connectivity index (χ0n) is 16.7. The van der Waals surface area contributed by atoms with Crippen molar-refractivity contribution < 1.29 is 14.2 Å². The highest BCUT2D eigenvalue weighted by Gasteiger charge is 2.40. The second-order valence-electron chi connectivity index (χ2n) is 7.91. The van der Waals surface area contributed by atoms with E-state index in [1.807, 2.05) is 37.3 Å². The number of anilines is 2. The lowest BCUT2D eigenvalue weighted by Gasteiger charge is -2.35. The molecule has 0 radical (unpaired) electrons. The molecule has 0 atom stereocenters. The zero-order valence-corrected chi connectivity index (χ0v) is 16.7. The van der Waals surface area contributed by atoms with Gasteiger partial charge in [-0.25, -0.2) is 0 Å². The second kappa shape index (κ2) is 7.65. The monoisotopic (exact) mass is 390 g/mol. The Balaban J connectivity index is 1.30. The molecule has 1 aromatic heterocycles. The molecular formula is C24H26N2O3. The summed E-state index contributed by atoms with van der Waals surface area (Å²) in [6.45, 7) is 3.44. The number of rotatable bonds is 4. The summed E-state index contributed by atoms with van der Waals surface area (Å²) in [5, 5.41) is 4.65. The van der Waals surface area contributed by atoms with Gasteiger partial charge in [-0.05, 0) is 44.0 Å². The number of nitrogens with zero attached hydrogens (tertiary/aromatic N) is 1. The quantitative estimate of drug-likeness (QED) is 0.651. The lowest BCUT2D eigenvalue weighted by Crippen LogP contribution is -2.38. The number of fused-ring (bicyclic) bond motifs is 1. The van der Waals surface area contributed by atoms with Gasteiger partial charge in [0.15, 0.2) is 5.79 Å². The van der Waals surface area contributed by atoms with Gasteiger partial charge in [-0.2, -0.15) is 0 Å². The molecule has 150 valence electrons. The third-order valence-electron chi connectivity index (χ3n) is 5.77. The Morgan fingerprint density at radius 1 is 1.00 bits per heavy atom. The summed E-state index contributed by atoms with van der Waals surface area (Å²) in [4.78, 5) is 4.62. The van der Waals surface area contributed by atoms with E-state index in [2.05, 4.69) is 34.6 Å². The highest BCUT2D eigenvalue weighted by molar-refractivity contribution is 5.93. The van der Waals surface area contributed by atoms with Crippen LogP contribution in [-0.2, 0) is 9.47 Å². The summed E-state index contributed by atoms with van der Waals surface area (Å²) in [6, 6.07) is 18.5. The van der Waals surface area contributed by atoms with E-state index in [0.29, 0.717) is 13.2 Å². The molecule has 2 aromatic carbocycles. The minimum absolute atomic E-state index is 0.202. The van der Waals surface area contributed by atoms with Crippen molar-refractivity contribution in [1.29, 1.82) is 0 Å². The number of hydrogen-bond acceptors (Lipinski definition) is 5. The Morgan fingerprint density at radius 3 is 2.62 bits per heavy atom. The molecule has 29 heavy (non-hydrogen) atoms.